The van der Waals surface area contributed by atoms with Gasteiger partial charge in [-0.15, -0.1) is 0 Å². The molecular formula is C22H28O3Si. The van der Waals surface area contributed by atoms with E-state index in [1.807, 2.05) is 0 Å². The predicted molar refractivity (Wildman–Crippen MR) is 106 cm³/mol. The molecule has 3 nitrogen and oxygen atoms in total. The smallest absolute Gasteiger partial charge is 0.261 e. The van der Waals surface area contributed by atoms with E-state index in [1.165, 1.54) is 10.4 Å². The highest BCUT2D eigenvalue weighted by molar-refractivity contribution is 6.99. The van der Waals surface area contributed by atoms with E-state index in [1.54, 1.807) is 0 Å². The van der Waals surface area contributed by atoms with Crippen LogP contribution in [0.15, 0.2) is 60.7 Å². The molecule has 0 saturated carbocycles. The average Bonchev–Trinajstić information content (AvgIpc) is 3.44. The fourth-order valence-electron chi connectivity index (χ4n) is 4.23. The van der Waals surface area contributed by atoms with Crippen molar-refractivity contribution in [3.05, 3.63) is 60.7 Å². The summed E-state index contributed by atoms with van der Waals surface area (Å²) in [6.45, 7) is 10.4. The zero-order chi connectivity index (χ0) is 18.4. The van der Waals surface area contributed by atoms with Crippen LogP contribution in [-0.2, 0) is 13.9 Å². The van der Waals surface area contributed by atoms with Crippen LogP contribution in [0.5, 0.6) is 0 Å². The fraction of sp³-hybridized carbons (Fsp3) is 0.455. The van der Waals surface area contributed by atoms with Crippen LogP contribution < -0.4 is 10.4 Å². The van der Waals surface area contributed by atoms with Crippen molar-refractivity contribution in [1.82, 2.24) is 0 Å². The van der Waals surface area contributed by atoms with E-state index in [9.17, 15) is 0 Å². The van der Waals surface area contributed by atoms with E-state index < -0.39 is 8.32 Å². The van der Waals surface area contributed by atoms with Gasteiger partial charge < -0.3 is 13.9 Å². The minimum Gasteiger partial charge on any atom is -0.405 e. The van der Waals surface area contributed by atoms with Crippen molar-refractivity contribution in [3.8, 4) is 0 Å². The summed E-state index contributed by atoms with van der Waals surface area (Å²) in [6, 6.07) is 21.5. The summed E-state index contributed by atoms with van der Waals surface area (Å²) < 4.78 is 18.4. The molecule has 4 heteroatoms. The van der Waals surface area contributed by atoms with Gasteiger partial charge in [-0.3, -0.25) is 0 Å². The molecule has 0 aliphatic carbocycles. The first kappa shape index (κ1) is 17.9. The highest BCUT2D eigenvalue weighted by Gasteiger charge is 2.64. The summed E-state index contributed by atoms with van der Waals surface area (Å²) in [6.07, 6.45) is 0.110. The molecule has 0 amide bonds. The first-order valence-electron chi connectivity index (χ1n) is 9.46. The van der Waals surface area contributed by atoms with Gasteiger partial charge in [0.25, 0.3) is 8.32 Å². The molecule has 2 aliphatic heterocycles. The van der Waals surface area contributed by atoms with Gasteiger partial charge in [-0.05, 0) is 15.4 Å². The molecule has 26 heavy (non-hydrogen) atoms. The van der Waals surface area contributed by atoms with Crippen molar-refractivity contribution < 1.29 is 13.9 Å². The Bertz CT molecular complexity index is 710. The molecule has 2 aromatic rings. The summed E-state index contributed by atoms with van der Waals surface area (Å²) in [7, 11) is -2.47. The van der Waals surface area contributed by atoms with Crippen LogP contribution in [0.1, 0.15) is 27.7 Å². The van der Waals surface area contributed by atoms with Crippen molar-refractivity contribution in [2.75, 3.05) is 13.2 Å². The lowest BCUT2D eigenvalue weighted by Gasteiger charge is -2.47. The Hall–Kier alpha value is -1.46. The molecule has 2 heterocycles. The zero-order valence-corrected chi connectivity index (χ0v) is 17.1. The maximum Gasteiger partial charge on any atom is 0.261 e. The van der Waals surface area contributed by atoms with Gasteiger partial charge >= 0.3 is 0 Å². The average molecular weight is 369 g/mol. The Labute approximate surface area is 157 Å². The molecule has 2 aromatic carbocycles. The van der Waals surface area contributed by atoms with Crippen LogP contribution in [0, 0.1) is 5.92 Å². The lowest BCUT2D eigenvalue weighted by Crippen LogP contribution is -2.68. The number of hydrogen-bond acceptors (Lipinski definition) is 3. The number of benzene rings is 2. The van der Waals surface area contributed by atoms with Crippen molar-refractivity contribution in [2.24, 2.45) is 5.92 Å². The molecule has 2 saturated heterocycles. The normalized spacial score (nSPS) is 28.0. The highest BCUT2D eigenvalue weighted by Crippen LogP contribution is 2.49. The van der Waals surface area contributed by atoms with Crippen LogP contribution in [0.4, 0.5) is 0 Å². The first-order valence-corrected chi connectivity index (χ1v) is 11.4. The number of rotatable bonds is 5. The van der Waals surface area contributed by atoms with E-state index >= 15 is 0 Å². The molecule has 0 aromatic heterocycles. The first-order chi connectivity index (χ1) is 12.4. The van der Waals surface area contributed by atoms with Crippen molar-refractivity contribution >= 4 is 18.7 Å². The summed E-state index contributed by atoms with van der Waals surface area (Å²) in [5.74, 6) is 0.0974. The van der Waals surface area contributed by atoms with Crippen LogP contribution in [0.3, 0.4) is 0 Å². The summed E-state index contributed by atoms with van der Waals surface area (Å²) in [4.78, 5) is 0. The Kier molecular flexibility index (Phi) is 4.35. The topological polar surface area (TPSA) is 31.0 Å². The number of ether oxygens (including phenoxy) is 2. The van der Waals surface area contributed by atoms with Crippen LogP contribution >= 0.6 is 0 Å². The Morgan fingerprint density at radius 1 is 1.00 bits per heavy atom. The van der Waals surface area contributed by atoms with Gasteiger partial charge in [0.1, 0.15) is 6.61 Å². The van der Waals surface area contributed by atoms with E-state index in [4.69, 9.17) is 13.9 Å². The molecule has 2 aliphatic rings. The molecule has 3 atom stereocenters. The van der Waals surface area contributed by atoms with E-state index in [0.29, 0.717) is 12.5 Å². The van der Waals surface area contributed by atoms with E-state index in [0.717, 1.165) is 6.61 Å². The third-order valence-corrected chi connectivity index (χ3v) is 10.9. The maximum atomic E-state index is 6.92. The molecule has 0 bridgehead atoms. The minimum atomic E-state index is -2.47. The van der Waals surface area contributed by atoms with E-state index in [-0.39, 0.29) is 16.9 Å². The summed E-state index contributed by atoms with van der Waals surface area (Å²) in [5, 5.41) is 2.61. The quantitative estimate of drug-likeness (QED) is 0.599. The minimum absolute atomic E-state index is 0.00351. The third-order valence-electron chi connectivity index (χ3n) is 5.91. The molecule has 4 rings (SSSR count). The monoisotopic (exact) mass is 368 g/mol. The SMILES string of the molecule is C[C@@H]1[C@@H](CO[Si](c2ccccc2)(c2ccccc2)C(C)(C)C)OC12CO2. The zero-order valence-electron chi connectivity index (χ0n) is 16.1. The third kappa shape index (κ3) is 2.76. The van der Waals surface area contributed by atoms with Gasteiger partial charge in [-0.2, -0.15) is 0 Å². The lowest BCUT2D eigenvalue weighted by atomic mass is 9.92. The number of hydrogen-bond donors (Lipinski definition) is 0. The van der Waals surface area contributed by atoms with Gasteiger partial charge in [0, 0.05) is 5.92 Å². The Morgan fingerprint density at radius 2 is 1.50 bits per heavy atom. The van der Waals surface area contributed by atoms with Crippen LogP contribution in [-0.4, -0.2) is 33.4 Å². The van der Waals surface area contributed by atoms with Crippen molar-refractivity contribution in [2.45, 2.75) is 44.6 Å². The largest absolute Gasteiger partial charge is 0.405 e. The molecular weight excluding hydrogens is 340 g/mol. The van der Waals surface area contributed by atoms with Crippen LogP contribution in [0.25, 0.3) is 0 Å². The predicted octanol–water partition coefficient (Wildman–Crippen LogP) is 3.32. The Morgan fingerprint density at radius 3 is 1.88 bits per heavy atom. The second kappa shape index (κ2) is 6.31. The molecule has 2 fully saturated rings. The van der Waals surface area contributed by atoms with Crippen LogP contribution in [0.2, 0.25) is 5.04 Å². The molecule has 1 spiro atoms. The molecule has 0 radical (unpaired) electrons. The van der Waals surface area contributed by atoms with Crippen molar-refractivity contribution in [3.63, 3.8) is 0 Å². The van der Waals surface area contributed by atoms with Gasteiger partial charge in [0.2, 0.25) is 0 Å². The maximum absolute atomic E-state index is 6.92. The molecule has 138 valence electrons. The van der Waals surface area contributed by atoms with E-state index in [2.05, 4.69) is 88.4 Å². The van der Waals surface area contributed by atoms with Crippen molar-refractivity contribution in [1.29, 1.82) is 0 Å². The Balaban J connectivity index is 1.70. The standard InChI is InChI=1S/C22H28O3Si/c1-17-20(25-22(17)16-23-22)15-24-26(21(2,3)4,18-11-7-5-8-12-18)19-13-9-6-10-14-19/h5-14,17,20H,15-16H2,1-4H3/t17-,20-,22?/m1/s1. The molecule has 1 unspecified atom stereocenters. The van der Waals surface area contributed by atoms with Gasteiger partial charge in [0.15, 0.2) is 5.79 Å². The van der Waals surface area contributed by atoms with Gasteiger partial charge in [0.05, 0.1) is 12.7 Å². The van der Waals surface area contributed by atoms with Gasteiger partial charge in [-0.25, -0.2) is 0 Å². The molecule has 0 N–H and O–H groups in total. The number of epoxide rings is 1. The lowest BCUT2D eigenvalue weighted by molar-refractivity contribution is -0.253. The highest BCUT2D eigenvalue weighted by atomic mass is 28.4. The summed E-state index contributed by atoms with van der Waals surface area (Å²) in [5.41, 5.74) is 0. The fourth-order valence-corrected chi connectivity index (χ4v) is 8.80. The second-order valence-corrected chi connectivity index (χ2v) is 12.8. The second-order valence-electron chi connectivity index (χ2n) is 8.52. The summed E-state index contributed by atoms with van der Waals surface area (Å²) >= 11 is 0. The van der Waals surface area contributed by atoms with Gasteiger partial charge in [-0.1, -0.05) is 88.4 Å².